The normalized spacial score (nSPS) is 17.9. The van der Waals surface area contributed by atoms with Gasteiger partial charge in [0.1, 0.15) is 11.6 Å². The Hall–Kier alpha value is -2.17. The molecule has 1 N–H and O–H groups in total. The molecule has 1 saturated heterocycles. The second kappa shape index (κ2) is 10.7. The number of hydrogen-bond acceptors (Lipinski definition) is 3. The third-order valence-electron chi connectivity index (χ3n) is 4.88. The van der Waals surface area contributed by atoms with Crippen molar-refractivity contribution in [3.8, 4) is 5.75 Å². The minimum absolute atomic E-state index is 0.0250. The number of hydrogen-bond donors (Lipinski definition) is 1. The summed E-state index contributed by atoms with van der Waals surface area (Å²) in [5.41, 5.74) is -0.0583. The van der Waals surface area contributed by atoms with E-state index < -0.39 is 25.1 Å². The number of halogens is 6. The molecule has 5 nitrogen and oxygen atoms in total. The first-order valence-electron chi connectivity index (χ1n) is 9.59. The molecule has 1 aliphatic heterocycles. The lowest BCUT2D eigenvalue weighted by atomic mass is 10.1. The van der Waals surface area contributed by atoms with E-state index in [9.17, 15) is 26.3 Å². The van der Waals surface area contributed by atoms with E-state index >= 15 is 0 Å². The Morgan fingerprint density at radius 2 is 2.10 bits per heavy atom. The Balaban J connectivity index is 1.96. The zero-order valence-electron chi connectivity index (χ0n) is 16.9. The second-order valence-electron chi connectivity index (χ2n) is 7.04. The van der Waals surface area contributed by atoms with Gasteiger partial charge in [0.05, 0.1) is 6.54 Å². The minimum atomic E-state index is -4.25. The molecule has 0 spiro atoms. The second-order valence-corrected chi connectivity index (χ2v) is 7.04. The van der Waals surface area contributed by atoms with Gasteiger partial charge in [-0.3, -0.25) is 9.89 Å². The molecule has 1 heterocycles. The van der Waals surface area contributed by atoms with Crippen molar-refractivity contribution in [2.24, 2.45) is 10.9 Å². The predicted molar refractivity (Wildman–Crippen MR) is 101 cm³/mol. The van der Waals surface area contributed by atoms with Gasteiger partial charge in [-0.15, -0.1) is 0 Å². The van der Waals surface area contributed by atoms with E-state index in [0.29, 0.717) is 38.6 Å². The van der Waals surface area contributed by atoms with Gasteiger partial charge < -0.3 is 15.0 Å². The van der Waals surface area contributed by atoms with Crippen LogP contribution in [-0.4, -0.2) is 68.3 Å². The molecular weight excluding hydrogens is 414 g/mol. The zero-order chi connectivity index (χ0) is 22.3. The number of alkyl halides is 5. The van der Waals surface area contributed by atoms with Gasteiger partial charge in [0, 0.05) is 38.8 Å². The van der Waals surface area contributed by atoms with E-state index in [1.165, 1.54) is 24.1 Å². The van der Waals surface area contributed by atoms with Crippen LogP contribution in [0.2, 0.25) is 0 Å². The Morgan fingerprint density at radius 1 is 1.37 bits per heavy atom. The summed E-state index contributed by atoms with van der Waals surface area (Å²) in [4.78, 5) is 7.35. The molecule has 0 amide bonds. The summed E-state index contributed by atoms with van der Waals surface area (Å²) in [5, 5.41) is 2.93. The van der Waals surface area contributed by atoms with Crippen LogP contribution in [0.15, 0.2) is 23.2 Å². The summed E-state index contributed by atoms with van der Waals surface area (Å²) in [6, 6.07) is 3.67. The Labute approximate surface area is 171 Å². The third-order valence-corrected chi connectivity index (χ3v) is 4.88. The van der Waals surface area contributed by atoms with E-state index in [1.807, 2.05) is 4.90 Å². The maximum absolute atomic E-state index is 14.1. The quantitative estimate of drug-likeness (QED) is 0.380. The highest BCUT2D eigenvalue weighted by Gasteiger charge is 2.33. The zero-order valence-corrected chi connectivity index (χ0v) is 16.9. The van der Waals surface area contributed by atoms with E-state index in [-0.39, 0.29) is 23.8 Å². The van der Waals surface area contributed by atoms with Gasteiger partial charge in [0.25, 0.3) is 0 Å². The fourth-order valence-electron chi connectivity index (χ4n) is 3.51. The summed E-state index contributed by atoms with van der Waals surface area (Å²) in [7, 11) is 1.52. The highest BCUT2D eigenvalue weighted by atomic mass is 19.4. The van der Waals surface area contributed by atoms with Gasteiger partial charge >= 0.3 is 12.8 Å². The Morgan fingerprint density at radius 3 is 2.70 bits per heavy atom. The minimum Gasteiger partial charge on any atom is -0.434 e. The number of ether oxygens (including phenoxy) is 1. The summed E-state index contributed by atoms with van der Waals surface area (Å²) >= 11 is 0. The lowest BCUT2D eigenvalue weighted by Crippen LogP contribution is -2.41. The molecule has 1 aromatic rings. The van der Waals surface area contributed by atoms with Gasteiger partial charge in [0.15, 0.2) is 5.96 Å². The molecule has 30 heavy (non-hydrogen) atoms. The monoisotopic (exact) mass is 440 g/mol. The molecule has 0 bridgehead atoms. The van der Waals surface area contributed by atoms with Gasteiger partial charge in [-0.1, -0.05) is 13.0 Å². The van der Waals surface area contributed by atoms with Crippen LogP contribution in [0, 0.1) is 11.7 Å². The summed E-state index contributed by atoms with van der Waals surface area (Å²) in [6.45, 7) is -0.802. The molecule has 2 rings (SSSR count). The highest BCUT2D eigenvalue weighted by molar-refractivity contribution is 5.80. The SMILES string of the molecule is CCN(CC1CCN(C(=NC)NCc2c(F)cccc2OC(F)F)C1)CC(F)(F)F. The van der Waals surface area contributed by atoms with Crippen LogP contribution >= 0.6 is 0 Å². The topological polar surface area (TPSA) is 40.1 Å². The lowest BCUT2D eigenvalue weighted by Gasteiger charge is -2.26. The largest absolute Gasteiger partial charge is 0.434 e. The van der Waals surface area contributed by atoms with Crippen molar-refractivity contribution in [2.75, 3.05) is 39.8 Å². The van der Waals surface area contributed by atoms with E-state index in [0.717, 1.165) is 6.07 Å². The maximum atomic E-state index is 14.1. The first-order valence-corrected chi connectivity index (χ1v) is 9.59. The van der Waals surface area contributed by atoms with E-state index in [4.69, 9.17) is 0 Å². The highest BCUT2D eigenvalue weighted by Crippen LogP contribution is 2.24. The smallest absolute Gasteiger partial charge is 0.401 e. The van der Waals surface area contributed by atoms with Gasteiger partial charge in [-0.2, -0.15) is 22.0 Å². The maximum Gasteiger partial charge on any atom is 0.401 e. The first-order chi connectivity index (χ1) is 14.1. The third kappa shape index (κ3) is 7.26. The lowest BCUT2D eigenvalue weighted by molar-refractivity contribution is -0.146. The number of guanidine groups is 1. The van der Waals surface area contributed by atoms with E-state index in [1.54, 1.807) is 6.92 Å². The molecular formula is C19H26F6N4O. The van der Waals surface area contributed by atoms with Crippen LogP contribution in [0.5, 0.6) is 5.75 Å². The van der Waals surface area contributed by atoms with Gasteiger partial charge in [-0.05, 0) is 31.0 Å². The van der Waals surface area contributed by atoms with Crippen LogP contribution in [0.1, 0.15) is 18.9 Å². The van der Waals surface area contributed by atoms with Crippen LogP contribution in [-0.2, 0) is 6.54 Å². The van der Waals surface area contributed by atoms with Crippen LogP contribution in [0.3, 0.4) is 0 Å². The average molecular weight is 440 g/mol. The number of nitrogens with zero attached hydrogens (tertiary/aromatic N) is 3. The van der Waals surface area contributed by atoms with Gasteiger partial charge in [-0.25, -0.2) is 4.39 Å². The van der Waals surface area contributed by atoms with Crippen molar-refractivity contribution in [3.63, 3.8) is 0 Å². The number of aliphatic imine (C=N–C) groups is 1. The Bertz CT molecular complexity index is 713. The number of likely N-dealkylation sites (tertiary alicyclic amines) is 1. The number of benzene rings is 1. The number of rotatable bonds is 8. The Kier molecular flexibility index (Phi) is 8.63. The van der Waals surface area contributed by atoms with Crippen molar-refractivity contribution in [2.45, 2.75) is 32.7 Å². The molecule has 1 atom stereocenters. The average Bonchev–Trinajstić information content (AvgIpc) is 3.10. The van der Waals surface area contributed by atoms with Crippen LogP contribution in [0.4, 0.5) is 26.3 Å². The van der Waals surface area contributed by atoms with Crippen molar-refractivity contribution < 1.29 is 31.1 Å². The molecule has 0 radical (unpaired) electrons. The molecule has 1 aliphatic rings. The van der Waals surface area contributed by atoms with Crippen molar-refractivity contribution in [3.05, 3.63) is 29.6 Å². The van der Waals surface area contributed by atoms with Crippen LogP contribution < -0.4 is 10.1 Å². The van der Waals surface area contributed by atoms with Crippen LogP contribution in [0.25, 0.3) is 0 Å². The summed E-state index contributed by atoms with van der Waals surface area (Å²) in [5.74, 6) is -0.515. The van der Waals surface area contributed by atoms with Gasteiger partial charge in [0.2, 0.25) is 0 Å². The first kappa shape index (κ1) is 24.1. The summed E-state index contributed by atoms with van der Waals surface area (Å²) in [6.07, 6.45) is -3.56. The van der Waals surface area contributed by atoms with E-state index in [2.05, 4.69) is 15.0 Å². The predicted octanol–water partition coefficient (Wildman–Crippen LogP) is 3.71. The van der Waals surface area contributed by atoms with Crippen molar-refractivity contribution >= 4 is 5.96 Å². The molecule has 1 unspecified atom stereocenters. The molecule has 0 aromatic heterocycles. The summed E-state index contributed by atoms with van der Waals surface area (Å²) < 4.78 is 81.6. The molecule has 11 heteroatoms. The molecule has 0 saturated carbocycles. The van der Waals surface area contributed by atoms with Crippen molar-refractivity contribution in [1.82, 2.24) is 15.1 Å². The fourth-order valence-corrected chi connectivity index (χ4v) is 3.51. The number of nitrogens with one attached hydrogen (secondary N) is 1. The standard InChI is InChI=1S/C19H26F6N4O/c1-3-28(12-19(23,24)25)10-13-7-8-29(11-13)18(26-2)27-9-14-15(20)5-4-6-16(14)30-17(21)22/h4-6,13,17H,3,7-12H2,1-2H3,(H,26,27). The molecule has 1 aromatic carbocycles. The van der Waals surface area contributed by atoms with Crippen molar-refractivity contribution in [1.29, 1.82) is 0 Å². The molecule has 1 fully saturated rings. The molecule has 0 aliphatic carbocycles. The molecule has 170 valence electrons. The fraction of sp³-hybridized carbons (Fsp3) is 0.632.